The molecule has 0 radical (unpaired) electrons. The van der Waals surface area contributed by atoms with E-state index in [1.807, 2.05) is 0 Å². The summed E-state index contributed by atoms with van der Waals surface area (Å²) in [6.07, 6.45) is -3.22. The van der Waals surface area contributed by atoms with Crippen molar-refractivity contribution in [3.05, 3.63) is 12.2 Å². The Kier molecular flexibility index (Phi) is 3.44. The summed E-state index contributed by atoms with van der Waals surface area (Å²) in [7, 11) is 0. The van der Waals surface area contributed by atoms with Gasteiger partial charge in [-0.15, -0.1) is 9.78 Å². The molecule has 0 aliphatic carbocycles. The van der Waals surface area contributed by atoms with Gasteiger partial charge in [0.05, 0.1) is 0 Å². The van der Waals surface area contributed by atoms with Crippen LogP contribution in [-0.2, 0) is 28.8 Å². The first-order valence-corrected chi connectivity index (χ1v) is 4.81. The fourth-order valence-electron chi connectivity index (χ4n) is 0.696. The molecule has 1 fully saturated rings. The summed E-state index contributed by atoms with van der Waals surface area (Å²) in [5, 5.41) is 0. The number of hydrogen-bond acceptors (Lipinski definition) is 7. The molecule has 0 atom stereocenters. The average molecular weight is 246 g/mol. The summed E-state index contributed by atoms with van der Waals surface area (Å²) in [6.45, 7) is 9.72. The molecule has 7 heteroatoms. The van der Waals surface area contributed by atoms with Gasteiger partial charge in [-0.25, -0.2) is 9.59 Å². The molecule has 0 unspecified atom stereocenters. The maximum absolute atomic E-state index is 11.2. The quantitative estimate of drug-likeness (QED) is 0.246. The molecule has 0 N–H and O–H groups in total. The van der Waals surface area contributed by atoms with Gasteiger partial charge in [0.2, 0.25) is 0 Å². The maximum Gasteiger partial charge on any atom is 0.571 e. The summed E-state index contributed by atoms with van der Waals surface area (Å²) in [6, 6.07) is 0. The Morgan fingerprint density at radius 3 is 2.06 bits per heavy atom. The van der Waals surface area contributed by atoms with Crippen molar-refractivity contribution in [2.75, 3.05) is 0 Å². The van der Waals surface area contributed by atoms with E-state index in [1.165, 1.54) is 6.92 Å². The summed E-state index contributed by atoms with van der Waals surface area (Å²) in [5.41, 5.74) is -0.637. The molecule has 0 aromatic heterocycles. The molecule has 0 bridgehead atoms. The zero-order chi connectivity index (χ0) is 13.3. The second-order valence-corrected chi connectivity index (χ2v) is 4.40. The molecule has 17 heavy (non-hydrogen) atoms. The van der Waals surface area contributed by atoms with E-state index in [2.05, 4.69) is 25.8 Å². The lowest BCUT2D eigenvalue weighted by molar-refractivity contribution is -0.220. The van der Waals surface area contributed by atoms with Crippen molar-refractivity contribution in [3.8, 4) is 0 Å². The predicted molar refractivity (Wildman–Crippen MR) is 53.1 cm³/mol. The van der Waals surface area contributed by atoms with Gasteiger partial charge >= 0.3 is 18.3 Å². The van der Waals surface area contributed by atoms with E-state index in [-0.39, 0.29) is 5.57 Å². The third-order valence-electron chi connectivity index (χ3n) is 1.38. The van der Waals surface area contributed by atoms with Crippen molar-refractivity contribution in [3.63, 3.8) is 0 Å². The monoisotopic (exact) mass is 246 g/mol. The minimum Gasteiger partial charge on any atom is -0.428 e. The molecule has 0 saturated carbocycles. The lowest BCUT2D eigenvalue weighted by Crippen LogP contribution is -2.32. The number of carbonyl (C=O) groups excluding carboxylic acids is 2. The predicted octanol–water partition coefficient (Wildman–Crippen LogP) is 1.63. The topological polar surface area (TPSA) is 86.9 Å². The standard InChI is InChI=1S/C10H14O7/c1-6(2)7(11)13-10(16-17-10)15-8(12)14-9(3,4)5/h1H2,2-5H3. The summed E-state index contributed by atoms with van der Waals surface area (Å²) in [5.74, 6) is -0.814. The Balaban J connectivity index is 2.48. The molecule has 1 saturated heterocycles. The van der Waals surface area contributed by atoms with Crippen molar-refractivity contribution >= 4 is 12.1 Å². The summed E-state index contributed by atoms with van der Waals surface area (Å²) in [4.78, 5) is 31.0. The van der Waals surface area contributed by atoms with Gasteiger partial charge in [-0.3, -0.25) is 0 Å². The Morgan fingerprint density at radius 2 is 1.71 bits per heavy atom. The van der Waals surface area contributed by atoms with Gasteiger partial charge in [0, 0.05) is 5.57 Å². The maximum atomic E-state index is 11.2. The average Bonchev–Trinajstić information content (AvgIpc) is 2.80. The Labute approximate surface area is 98.1 Å². The van der Waals surface area contributed by atoms with Gasteiger partial charge in [0.25, 0.3) is 0 Å². The van der Waals surface area contributed by atoms with E-state index in [4.69, 9.17) is 4.74 Å². The van der Waals surface area contributed by atoms with Gasteiger partial charge < -0.3 is 14.2 Å². The molecule has 0 aromatic rings. The molecule has 1 heterocycles. The second kappa shape index (κ2) is 4.34. The van der Waals surface area contributed by atoms with Crippen molar-refractivity contribution in [2.24, 2.45) is 0 Å². The molecular weight excluding hydrogens is 232 g/mol. The molecule has 0 amide bonds. The van der Waals surface area contributed by atoms with E-state index in [1.54, 1.807) is 20.8 Å². The van der Waals surface area contributed by atoms with Crippen molar-refractivity contribution < 1.29 is 33.6 Å². The molecular formula is C10H14O7. The smallest absolute Gasteiger partial charge is 0.428 e. The van der Waals surface area contributed by atoms with Crippen LogP contribution < -0.4 is 0 Å². The summed E-state index contributed by atoms with van der Waals surface area (Å²) >= 11 is 0. The van der Waals surface area contributed by atoms with Crippen LogP contribution in [0.1, 0.15) is 27.7 Å². The van der Waals surface area contributed by atoms with Gasteiger partial charge in [-0.1, -0.05) is 6.58 Å². The van der Waals surface area contributed by atoms with Crippen LogP contribution in [0.4, 0.5) is 4.79 Å². The number of ether oxygens (including phenoxy) is 3. The third-order valence-corrected chi connectivity index (χ3v) is 1.38. The normalized spacial score (nSPS) is 16.9. The molecule has 7 nitrogen and oxygen atoms in total. The number of hydrogen-bond donors (Lipinski definition) is 0. The fraction of sp³-hybridized carbons (Fsp3) is 0.600. The van der Waals surface area contributed by atoms with Crippen molar-refractivity contribution in [2.45, 2.75) is 39.5 Å². The van der Waals surface area contributed by atoms with E-state index >= 15 is 0 Å². The first-order chi connectivity index (χ1) is 7.64. The molecule has 1 aliphatic heterocycles. The van der Waals surface area contributed by atoms with Crippen LogP contribution in [0.2, 0.25) is 0 Å². The summed E-state index contributed by atoms with van der Waals surface area (Å²) < 4.78 is 14.0. The van der Waals surface area contributed by atoms with E-state index < -0.39 is 23.9 Å². The highest BCUT2D eigenvalue weighted by Gasteiger charge is 2.61. The Morgan fingerprint density at radius 1 is 1.18 bits per heavy atom. The van der Waals surface area contributed by atoms with Gasteiger partial charge in [0.1, 0.15) is 5.60 Å². The SMILES string of the molecule is C=C(C)C(=O)OC1(OC(=O)OC(C)(C)C)OO1. The fourth-order valence-corrected chi connectivity index (χ4v) is 0.696. The third kappa shape index (κ3) is 4.41. The van der Waals surface area contributed by atoms with Crippen LogP contribution in [-0.4, -0.2) is 23.9 Å². The van der Waals surface area contributed by atoms with Crippen LogP contribution >= 0.6 is 0 Å². The van der Waals surface area contributed by atoms with E-state index in [0.717, 1.165) is 0 Å². The van der Waals surface area contributed by atoms with E-state index in [9.17, 15) is 9.59 Å². The molecule has 96 valence electrons. The van der Waals surface area contributed by atoms with Crippen LogP contribution in [0.15, 0.2) is 12.2 Å². The molecule has 0 spiro atoms. The minimum atomic E-state index is -2.14. The van der Waals surface area contributed by atoms with Crippen molar-refractivity contribution in [1.29, 1.82) is 0 Å². The Hall–Kier alpha value is -1.60. The number of carbonyl (C=O) groups is 2. The number of esters is 1. The van der Waals surface area contributed by atoms with Crippen LogP contribution in [0, 0.1) is 0 Å². The largest absolute Gasteiger partial charge is 0.571 e. The molecule has 0 aromatic carbocycles. The first-order valence-electron chi connectivity index (χ1n) is 4.81. The molecule has 1 rings (SSSR count). The lowest BCUT2D eigenvalue weighted by Gasteiger charge is -2.19. The number of rotatable bonds is 3. The van der Waals surface area contributed by atoms with E-state index in [0.29, 0.717) is 0 Å². The highest BCUT2D eigenvalue weighted by atomic mass is 17.5. The first kappa shape index (κ1) is 13.5. The van der Waals surface area contributed by atoms with Gasteiger partial charge in [-0.05, 0) is 27.7 Å². The zero-order valence-corrected chi connectivity index (χ0v) is 10.1. The second-order valence-electron chi connectivity index (χ2n) is 4.40. The van der Waals surface area contributed by atoms with Crippen LogP contribution in [0.5, 0.6) is 0 Å². The lowest BCUT2D eigenvalue weighted by atomic mass is 10.2. The van der Waals surface area contributed by atoms with Gasteiger partial charge in [-0.2, -0.15) is 0 Å². The van der Waals surface area contributed by atoms with Gasteiger partial charge in [0.15, 0.2) is 0 Å². The molecule has 1 aliphatic rings. The zero-order valence-electron chi connectivity index (χ0n) is 10.1. The van der Waals surface area contributed by atoms with Crippen LogP contribution in [0.3, 0.4) is 0 Å². The minimum absolute atomic E-state index is 0.108. The Bertz CT molecular complexity index is 348. The van der Waals surface area contributed by atoms with Crippen molar-refractivity contribution in [1.82, 2.24) is 0 Å². The highest BCUT2D eigenvalue weighted by Crippen LogP contribution is 2.34. The highest BCUT2D eigenvalue weighted by molar-refractivity contribution is 5.87. The van der Waals surface area contributed by atoms with Crippen LogP contribution in [0.25, 0.3) is 0 Å².